The molecule has 0 atom stereocenters. The Bertz CT molecular complexity index is 642. The first-order valence-electron chi connectivity index (χ1n) is 7.81. The highest BCUT2D eigenvalue weighted by Crippen LogP contribution is 2.33. The summed E-state index contributed by atoms with van der Waals surface area (Å²) in [5, 5.41) is 16.2. The molecule has 7 nitrogen and oxygen atoms in total. The molecule has 0 saturated heterocycles. The van der Waals surface area contributed by atoms with Crippen molar-refractivity contribution in [3.05, 3.63) is 28.3 Å². The predicted octanol–water partition coefficient (Wildman–Crippen LogP) is 2.98. The number of nitrogens with two attached hydrogens (primary N) is 1. The summed E-state index contributed by atoms with van der Waals surface area (Å²) < 4.78 is 0.718. The van der Waals surface area contributed by atoms with Gasteiger partial charge in [-0.05, 0) is 25.0 Å². The molecule has 138 valence electrons. The maximum atomic E-state index is 9.55. The molecule has 0 saturated carbocycles. The van der Waals surface area contributed by atoms with Gasteiger partial charge >= 0.3 is 11.9 Å². The van der Waals surface area contributed by atoms with Crippen molar-refractivity contribution in [2.45, 2.75) is 26.2 Å². The van der Waals surface area contributed by atoms with Gasteiger partial charge in [-0.2, -0.15) is 0 Å². The number of nitrogen functional groups attached to an aromatic ring is 1. The Morgan fingerprint density at radius 2 is 2.04 bits per heavy atom. The normalized spacial score (nSPS) is 14.7. The summed E-state index contributed by atoms with van der Waals surface area (Å²) in [5.74, 6) is -2.51. The lowest BCUT2D eigenvalue weighted by atomic mass is 10.1. The molecule has 0 aliphatic carbocycles. The van der Waals surface area contributed by atoms with Crippen molar-refractivity contribution in [1.82, 2.24) is 9.88 Å². The Hall–Kier alpha value is -1.90. The van der Waals surface area contributed by atoms with Gasteiger partial charge in [0.05, 0.1) is 5.69 Å². The molecule has 0 amide bonds. The van der Waals surface area contributed by atoms with E-state index in [0.29, 0.717) is 17.3 Å². The topological polar surface area (TPSA) is 117 Å². The predicted molar refractivity (Wildman–Crippen MR) is 99.9 cm³/mol. The molecule has 1 aliphatic rings. The van der Waals surface area contributed by atoms with Crippen LogP contribution >= 0.6 is 22.9 Å². The van der Waals surface area contributed by atoms with E-state index < -0.39 is 11.9 Å². The van der Waals surface area contributed by atoms with E-state index in [2.05, 4.69) is 22.9 Å². The molecule has 0 unspecified atom stereocenters. The Morgan fingerprint density at radius 1 is 1.40 bits per heavy atom. The van der Waals surface area contributed by atoms with Crippen LogP contribution in [0.5, 0.6) is 0 Å². The van der Waals surface area contributed by atoms with Gasteiger partial charge in [0.2, 0.25) is 0 Å². The van der Waals surface area contributed by atoms with E-state index >= 15 is 0 Å². The van der Waals surface area contributed by atoms with Gasteiger partial charge < -0.3 is 15.9 Å². The number of hydrogen-bond acceptors (Lipinski definition) is 6. The summed E-state index contributed by atoms with van der Waals surface area (Å²) in [4.78, 5) is 25.9. The summed E-state index contributed by atoms with van der Waals surface area (Å²) in [6, 6.07) is 0. The molecule has 25 heavy (non-hydrogen) atoms. The molecule has 1 aromatic heterocycles. The van der Waals surface area contributed by atoms with Gasteiger partial charge in [-0.1, -0.05) is 42.4 Å². The van der Waals surface area contributed by atoms with Crippen LogP contribution in [0.25, 0.3) is 5.57 Å². The average Bonchev–Trinajstić information content (AvgIpc) is 2.90. The number of carboxylic acid groups (broad SMARTS) is 2. The van der Waals surface area contributed by atoms with Crippen molar-refractivity contribution in [1.29, 1.82) is 0 Å². The van der Waals surface area contributed by atoms with Gasteiger partial charge in [0.1, 0.15) is 4.34 Å². The minimum atomic E-state index is -1.26. The Balaban J connectivity index is 0.000000333. The lowest BCUT2D eigenvalue weighted by Gasteiger charge is -2.25. The van der Waals surface area contributed by atoms with Crippen LogP contribution in [-0.2, 0) is 9.59 Å². The number of unbranched alkanes of at least 4 members (excludes halogenated alkanes) is 1. The van der Waals surface area contributed by atoms with Gasteiger partial charge in [0.15, 0.2) is 5.13 Å². The van der Waals surface area contributed by atoms with Crippen molar-refractivity contribution < 1.29 is 19.8 Å². The largest absolute Gasteiger partial charge is 0.478 e. The quantitative estimate of drug-likeness (QED) is 0.642. The highest BCUT2D eigenvalue weighted by atomic mass is 35.5. The number of thiazole rings is 1. The van der Waals surface area contributed by atoms with Crippen LogP contribution in [-0.4, -0.2) is 51.7 Å². The molecule has 2 heterocycles. The first kappa shape index (κ1) is 21.1. The molecule has 4 N–H and O–H groups in total. The van der Waals surface area contributed by atoms with Gasteiger partial charge in [-0.3, -0.25) is 4.90 Å². The van der Waals surface area contributed by atoms with E-state index in [1.807, 2.05) is 0 Å². The second-order valence-corrected chi connectivity index (χ2v) is 6.95. The van der Waals surface area contributed by atoms with Crippen molar-refractivity contribution in [3.63, 3.8) is 0 Å². The number of halogens is 1. The standard InChI is InChI=1S/C12H18ClN3S.C4H4O4/c1-2-3-6-16-7-4-9(5-8-16)10-11(13)17-12(14)15-10;5-3(6)1-2-4(7)8/h4H,2-3,5-8H2,1H3,(H2,14,15);1-2H,(H,5,6)(H,7,8)/b;2-1-. The fourth-order valence-electron chi connectivity index (χ4n) is 2.17. The molecule has 1 aromatic rings. The number of nitrogens with zero attached hydrogens (tertiary/aromatic N) is 2. The molecular weight excluding hydrogens is 366 g/mol. The molecule has 0 fully saturated rings. The van der Waals surface area contributed by atoms with Crippen LogP contribution in [0.4, 0.5) is 5.13 Å². The third-order valence-corrected chi connectivity index (χ3v) is 4.48. The van der Waals surface area contributed by atoms with Crippen LogP contribution in [0.15, 0.2) is 18.2 Å². The lowest BCUT2D eigenvalue weighted by Crippen LogP contribution is -2.29. The average molecular weight is 388 g/mol. The zero-order valence-corrected chi connectivity index (χ0v) is 15.5. The molecule has 9 heteroatoms. The Labute approximate surface area is 155 Å². The summed E-state index contributed by atoms with van der Waals surface area (Å²) in [6.45, 7) is 5.51. The van der Waals surface area contributed by atoms with Crippen LogP contribution in [0, 0.1) is 0 Å². The highest BCUT2D eigenvalue weighted by Gasteiger charge is 2.17. The third-order valence-electron chi connectivity index (χ3n) is 3.40. The molecule has 1 aliphatic heterocycles. The first-order valence-corrected chi connectivity index (χ1v) is 9.00. The molecule has 0 aromatic carbocycles. The molecule has 0 spiro atoms. The SMILES string of the molecule is CCCCN1CC=C(c2nc(N)sc2Cl)CC1.O=C(O)/C=C\C(=O)O. The lowest BCUT2D eigenvalue weighted by molar-refractivity contribution is -0.134. The zero-order chi connectivity index (χ0) is 18.8. The van der Waals surface area contributed by atoms with E-state index in [9.17, 15) is 9.59 Å². The summed E-state index contributed by atoms with van der Waals surface area (Å²) in [5.41, 5.74) is 7.80. The summed E-state index contributed by atoms with van der Waals surface area (Å²) in [7, 11) is 0. The maximum Gasteiger partial charge on any atom is 0.328 e. The number of hydrogen-bond donors (Lipinski definition) is 3. The molecule has 2 rings (SSSR count). The third kappa shape index (κ3) is 8.15. The maximum absolute atomic E-state index is 9.55. The Kier molecular flexibility index (Phi) is 9.18. The van der Waals surface area contributed by atoms with E-state index in [0.717, 1.165) is 29.5 Å². The number of rotatable bonds is 6. The van der Waals surface area contributed by atoms with Gasteiger partial charge in [-0.25, -0.2) is 14.6 Å². The fourth-order valence-corrected chi connectivity index (χ4v) is 3.16. The fraction of sp³-hybridized carbons (Fsp3) is 0.438. The zero-order valence-electron chi connectivity index (χ0n) is 13.9. The molecule has 0 radical (unpaired) electrons. The molecule has 0 bridgehead atoms. The van der Waals surface area contributed by atoms with Crippen molar-refractivity contribution >= 4 is 45.6 Å². The minimum absolute atomic E-state index is 0.555. The van der Waals surface area contributed by atoms with Crippen LogP contribution in [0.2, 0.25) is 4.34 Å². The van der Waals surface area contributed by atoms with Crippen molar-refractivity contribution in [2.24, 2.45) is 0 Å². The minimum Gasteiger partial charge on any atom is -0.478 e. The number of carbonyl (C=O) groups is 2. The summed E-state index contributed by atoms with van der Waals surface area (Å²) >= 11 is 7.48. The monoisotopic (exact) mass is 387 g/mol. The van der Waals surface area contributed by atoms with Crippen LogP contribution < -0.4 is 5.73 Å². The van der Waals surface area contributed by atoms with Gasteiger partial charge in [0.25, 0.3) is 0 Å². The number of aromatic nitrogens is 1. The Morgan fingerprint density at radius 3 is 2.44 bits per heavy atom. The van der Waals surface area contributed by atoms with Crippen molar-refractivity contribution in [3.8, 4) is 0 Å². The van der Waals surface area contributed by atoms with Gasteiger partial charge in [-0.15, -0.1) is 0 Å². The summed E-state index contributed by atoms with van der Waals surface area (Å²) in [6.07, 6.45) is 6.89. The second kappa shape index (κ2) is 10.9. The first-order chi connectivity index (χ1) is 11.8. The number of anilines is 1. The number of carboxylic acids is 2. The van der Waals surface area contributed by atoms with Crippen molar-refractivity contribution in [2.75, 3.05) is 25.4 Å². The van der Waals surface area contributed by atoms with E-state index in [-0.39, 0.29) is 0 Å². The van der Waals surface area contributed by atoms with Gasteiger partial charge in [0, 0.05) is 25.2 Å². The van der Waals surface area contributed by atoms with E-state index in [4.69, 9.17) is 27.5 Å². The van der Waals surface area contributed by atoms with Crippen LogP contribution in [0.1, 0.15) is 31.9 Å². The van der Waals surface area contributed by atoms with E-state index in [1.54, 1.807) is 0 Å². The van der Waals surface area contributed by atoms with E-state index in [1.165, 1.54) is 36.3 Å². The smallest absolute Gasteiger partial charge is 0.328 e. The molecular formula is C16H22ClN3O4S. The highest BCUT2D eigenvalue weighted by molar-refractivity contribution is 7.19. The second-order valence-electron chi connectivity index (χ2n) is 5.32. The van der Waals surface area contributed by atoms with Crippen LogP contribution in [0.3, 0.4) is 0 Å². The number of aliphatic carboxylic acids is 2.